The molecular formula is C13H12BrN3. The number of halogens is 1. The van der Waals surface area contributed by atoms with E-state index in [2.05, 4.69) is 55.1 Å². The molecule has 86 valence electrons. The van der Waals surface area contributed by atoms with E-state index in [0.29, 0.717) is 0 Å². The van der Waals surface area contributed by atoms with Gasteiger partial charge in [-0.1, -0.05) is 18.2 Å². The Bertz CT molecular complexity index is 542. The van der Waals surface area contributed by atoms with E-state index in [-0.39, 0.29) is 0 Å². The van der Waals surface area contributed by atoms with Gasteiger partial charge in [-0.3, -0.25) is 0 Å². The molecule has 0 N–H and O–H groups in total. The number of para-hydroxylation sites is 1. The number of anilines is 2. The van der Waals surface area contributed by atoms with Crippen LogP contribution in [-0.2, 0) is 6.42 Å². The number of hydrogen-bond acceptors (Lipinski definition) is 3. The third-order valence-corrected chi connectivity index (χ3v) is 3.44. The number of rotatable bonds is 1. The maximum Gasteiger partial charge on any atom is 0.137 e. The van der Waals surface area contributed by atoms with E-state index in [1.807, 2.05) is 6.07 Å². The van der Waals surface area contributed by atoms with Crippen LogP contribution in [-0.4, -0.2) is 16.5 Å². The second-order valence-electron chi connectivity index (χ2n) is 4.08. The number of fused-ring (bicyclic) bond motifs is 1. The molecular weight excluding hydrogens is 278 g/mol. The summed E-state index contributed by atoms with van der Waals surface area (Å²) in [5.74, 6) is 0.957. The monoisotopic (exact) mass is 289 g/mol. The average Bonchev–Trinajstić information content (AvgIpc) is 2.38. The van der Waals surface area contributed by atoms with Gasteiger partial charge in [-0.25, -0.2) is 9.97 Å². The predicted molar refractivity (Wildman–Crippen MR) is 71.5 cm³/mol. The van der Waals surface area contributed by atoms with Gasteiger partial charge in [0.15, 0.2) is 0 Å². The summed E-state index contributed by atoms with van der Waals surface area (Å²) in [5.41, 5.74) is 2.66. The maximum absolute atomic E-state index is 4.35. The molecule has 0 saturated heterocycles. The zero-order chi connectivity index (χ0) is 11.7. The summed E-state index contributed by atoms with van der Waals surface area (Å²) in [5, 5.41) is 0. The molecule has 4 heteroatoms. The second kappa shape index (κ2) is 4.45. The molecule has 1 aliphatic rings. The lowest BCUT2D eigenvalue weighted by atomic mass is 10.0. The van der Waals surface area contributed by atoms with Crippen LogP contribution in [0.3, 0.4) is 0 Å². The van der Waals surface area contributed by atoms with Crippen molar-refractivity contribution >= 4 is 27.4 Å². The quantitative estimate of drug-likeness (QED) is 0.754. The molecule has 0 fully saturated rings. The summed E-state index contributed by atoms with van der Waals surface area (Å²) < 4.78 is 0.825. The molecule has 0 amide bonds. The van der Waals surface area contributed by atoms with Crippen molar-refractivity contribution < 1.29 is 0 Å². The topological polar surface area (TPSA) is 29.0 Å². The van der Waals surface area contributed by atoms with Gasteiger partial charge in [0.25, 0.3) is 0 Å². The lowest BCUT2D eigenvalue weighted by Crippen LogP contribution is -2.25. The predicted octanol–water partition coefficient (Wildman–Crippen LogP) is 3.32. The molecule has 0 aliphatic carbocycles. The molecule has 0 unspecified atom stereocenters. The van der Waals surface area contributed by atoms with Crippen molar-refractivity contribution in [3.05, 3.63) is 46.8 Å². The molecule has 0 atom stereocenters. The van der Waals surface area contributed by atoms with Gasteiger partial charge in [-0.05, 0) is 40.4 Å². The van der Waals surface area contributed by atoms with Gasteiger partial charge >= 0.3 is 0 Å². The highest BCUT2D eigenvalue weighted by Crippen LogP contribution is 2.32. The zero-order valence-electron chi connectivity index (χ0n) is 9.31. The smallest absolute Gasteiger partial charge is 0.137 e. The zero-order valence-corrected chi connectivity index (χ0v) is 10.9. The molecule has 0 bridgehead atoms. The number of benzene rings is 1. The van der Waals surface area contributed by atoms with E-state index in [1.54, 1.807) is 6.33 Å². The lowest BCUT2D eigenvalue weighted by molar-refractivity contribution is 0.758. The van der Waals surface area contributed by atoms with E-state index in [1.165, 1.54) is 17.7 Å². The molecule has 3 nitrogen and oxygen atoms in total. The van der Waals surface area contributed by atoms with Gasteiger partial charge in [0.1, 0.15) is 16.7 Å². The van der Waals surface area contributed by atoms with E-state index in [0.717, 1.165) is 23.4 Å². The van der Waals surface area contributed by atoms with Crippen molar-refractivity contribution in [3.8, 4) is 0 Å². The van der Waals surface area contributed by atoms with Gasteiger partial charge < -0.3 is 4.90 Å². The molecule has 3 rings (SSSR count). The number of hydrogen-bond donors (Lipinski definition) is 0. The van der Waals surface area contributed by atoms with E-state index in [9.17, 15) is 0 Å². The van der Waals surface area contributed by atoms with Crippen LogP contribution in [0.5, 0.6) is 0 Å². The molecule has 0 saturated carbocycles. The fourth-order valence-corrected chi connectivity index (χ4v) is 2.54. The highest BCUT2D eigenvalue weighted by Gasteiger charge is 2.18. The fourth-order valence-electron chi connectivity index (χ4n) is 2.24. The van der Waals surface area contributed by atoms with Gasteiger partial charge in [0.2, 0.25) is 0 Å². The van der Waals surface area contributed by atoms with Gasteiger partial charge in [0, 0.05) is 18.3 Å². The van der Waals surface area contributed by atoms with Crippen LogP contribution < -0.4 is 4.90 Å². The summed E-state index contributed by atoms with van der Waals surface area (Å²) in [6.07, 6.45) is 3.91. The summed E-state index contributed by atoms with van der Waals surface area (Å²) >= 11 is 3.39. The molecule has 1 aromatic carbocycles. The van der Waals surface area contributed by atoms with Crippen LogP contribution in [0.15, 0.2) is 41.3 Å². The Kier molecular flexibility index (Phi) is 2.81. The number of aromatic nitrogens is 2. The standard InChI is InChI=1S/C13H12BrN3/c14-12-8-13(16-9-15-12)17-7-3-5-10-4-1-2-6-11(10)17/h1-2,4,6,8-9H,3,5,7H2. The molecule has 0 spiro atoms. The second-order valence-corrected chi connectivity index (χ2v) is 4.90. The van der Waals surface area contributed by atoms with Crippen molar-refractivity contribution in [1.29, 1.82) is 0 Å². The normalized spacial score (nSPS) is 14.5. The van der Waals surface area contributed by atoms with Gasteiger partial charge in [-0.15, -0.1) is 0 Å². The molecule has 0 radical (unpaired) electrons. The van der Waals surface area contributed by atoms with E-state index in [4.69, 9.17) is 0 Å². The van der Waals surface area contributed by atoms with Crippen LogP contribution in [0.4, 0.5) is 11.5 Å². The van der Waals surface area contributed by atoms with Crippen LogP contribution in [0.2, 0.25) is 0 Å². The highest BCUT2D eigenvalue weighted by atomic mass is 79.9. The Morgan fingerprint density at radius 1 is 1.18 bits per heavy atom. The first-order valence-electron chi connectivity index (χ1n) is 5.67. The highest BCUT2D eigenvalue weighted by molar-refractivity contribution is 9.10. The number of aryl methyl sites for hydroxylation is 1. The van der Waals surface area contributed by atoms with Crippen molar-refractivity contribution in [1.82, 2.24) is 9.97 Å². The fraction of sp³-hybridized carbons (Fsp3) is 0.231. The third-order valence-electron chi connectivity index (χ3n) is 3.01. The Balaban J connectivity index is 2.06. The largest absolute Gasteiger partial charge is 0.326 e. The molecule has 17 heavy (non-hydrogen) atoms. The Morgan fingerprint density at radius 3 is 2.94 bits per heavy atom. The third kappa shape index (κ3) is 2.05. The Morgan fingerprint density at radius 2 is 2.06 bits per heavy atom. The first-order valence-corrected chi connectivity index (χ1v) is 6.47. The summed E-state index contributed by atoms with van der Waals surface area (Å²) in [6, 6.07) is 10.5. The van der Waals surface area contributed by atoms with Crippen molar-refractivity contribution in [3.63, 3.8) is 0 Å². The van der Waals surface area contributed by atoms with Crippen molar-refractivity contribution in [2.45, 2.75) is 12.8 Å². The van der Waals surface area contributed by atoms with E-state index < -0.39 is 0 Å². The van der Waals surface area contributed by atoms with Crippen molar-refractivity contribution in [2.75, 3.05) is 11.4 Å². The Hall–Kier alpha value is -1.42. The van der Waals surface area contributed by atoms with Crippen LogP contribution in [0.25, 0.3) is 0 Å². The minimum atomic E-state index is 0.825. The maximum atomic E-state index is 4.35. The van der Waals surface area contributed by atoms with Gasteiger partial charge in [0.05, 0.1) is 0 Å². The van der Waals surface area contributed by atoms with Crippen LogP contribution >= 0.6 is 15.9 Å². The number of nitrogens with zero attached hydrogens (tertiary/aromatic N) is 3. The molecule has 2 aromatic rings. The van der Waals surface area contributed by atoms with E-state index >= 15 is 0 Å². The van der Waals surface area contributed by atoms with Crippen molar-refractivity contribution in [2.24, 2.45) is 0 Å². The molecule has 1 aromatic heterocycles. The lowest BCUT2D eigenvalue weighted by Gasteiger charge is -2.30. The minimum Gasteiger partial charge on any atom is -0.326 e. The van der Waals surface area contributed by atoms with Crippen LogP contribution in [0, 0.1) is 0 Å². The first kappa shape index (κ1) is 10.7. The summed E-state index contributed by atoms with van der Waals surface area (Å²) in [7, 11) is 0. The average molecular weight is 290 g/mol. The van der Waals surface area contributed by atoms with Gasteiger partial charge in [-0.2, -0.15) is 0 Å². The minimum absolute atomic E-state index is 0.825. The molecule has 1 aliphatic heterocycles. The Labute approximate surface area is 109 Å². The first-order chi connectivity index (χ1) is 8.34. The summed E-state index contributed by atoms with van der Waals surface area (Å²) in [4.78, 5) is 10.7. The SMILES string of the molecule is Brc1cc(N2CCCc3ccccc32)ncn1. The van der Waals surface area contributed by atoms with Crippen LogP contribution in [0.1, 0.15) is 12.0 Å². The summed E-state index contributed by atoms with van der Waals surface area (Å²) in [6.45, 7) is 1.01. The molecule has 2 heterocycles.